The fourth-order valence-electron chi connectivity index (χ4n) is 2.75. The average molecular weight is 291 g/mol. The number of rotatable bonds is 6. The minimum Gasteiger partial charge on any atom is -0.396 e. The predicted molar refractivity (Wildman–Crippen MR) is 83.5 cm³/mol. The van der Waals surface area contributed by atoms with Gasteiger partial charge in [-0.15, -0.1) is 0 Å². The molecule has 1 unspecified atom stereocenters. The molecule has 0 saturated carbocycles. The van der Waals surface area contributed by atoms with Gasteiger partial charge in [-0.1, -0.05) is 6.92 Å². The number of carbonyl (C=O) groups is 1. The molecule has 2 N–H and O–H groups in total. The van der Waals surface area contributed by atoms with Crippen LogP contribution < -0.4 is 5.32 Å². The first kappa shape index (κ1) is 15.8. The van der Waals surface area contributed by atoms with Crippen molar-refractivity contribution >= 4 is 11.7 Å². The molecule has 0 radical (unpaired) electrons. The van der Waals surface area contributed by atoms with Gasteiger partial charge >= 0.3 is 0 Å². The smallest absolute Gasteiger partial charge is 0.254 e. The van der Waals surface area contributed by atoms with Crippen LogP contribution >= 0.6 is 0 Å². The quantitative estimate of drug-likeness (QED) is 0.842. The molecular formula is C16H25N3O2. The summed E-state index contributed by atoms with van der Waals surface area (Å²) in [5.41, 5.74) is 1.55. The van der Waals surface area contributed by atoms with Crippen LogP contribution in [0.4, 0.5) is 5.82 Å². The molecule has 21 heavy (non-hydrogen) atoms. The topological polar surface area (TPSA) is 65.5 Å². The predicted octanol–water partition coefficient (Wildman–Crippen LogP) is 2.06. The summed E-state index contributed by atoms with van der Waals surface area (Å²) in [6.45, 7) is 6.59. The minimum atomic E-state index is 0.0699. The van der Waals surface area contributed by atoms with E-state index in [-0.39, 0.29) is 12.5 Å². The lowest BCUT2D eigenvalue weighted by Gasteiger charge is -2.17. The first-order valence-corrected chi connectivity index (χ1v) is 7.76. The Morgan fingerprint density at radius 2 is 2.33 bits per heavy atom. The highest BCUT2D eigenvalue weighted by molar-refractivity contribution is 5.95. The normalized spacial score (nSPS) is 18.0. The van der Waals surface area contributed by atoms with E-state index in [0.717, 1.165) is 50.4 Å². The number of likely N-dealkylation sites (tertiary alicyclic amines) is 1. The number of pyridine rings is 1. The van der Waals surface area contributed by atoms with E-state index in [1.807, 2.05) is 24.0 Å². The zero-order valence-corrected chi connectivity index (χ0v) is 12.9. The van der Waals surface area contributed by atoms with Gasteiger partial charge in [0.2, 0.25) is 0 Å². The number of amides is 1. The number of aliphatic hydroxyl groups is 1. The van der Waals surface area contributed by atoms with Gasteiger partial charge in [0.15, 0.2) is 0 Å². The second-order valence-electron chi connectivity index (χ2n) is 5.73. The van der Waals surface area contributed by atoms with E-state index < -0.39 is 0 Å². The number of anilines is 1. The van der Waals surface area contributed by atoms with E-state index in [1.54, 1.807) is 0 Å². The Morgan fingerprint density at radius 3 is 3.05 bits per heavy atom. The molecule has 5 heteroatoms. The first-order valence-electron chi connectivity index (χ1n) is 7.76. The van der Waals surface area contributed by atoms with Gasteiger partial charge < -0.3 is 15.3 Å². The highest BCUT2D eigenvalue weighted by atomic mass is 16.3. The van der Waals surface area contributed by atoms with Crippen LogP contribution in [0.1, 0.15) is 42.2 Å². The summed E-state index contributed by atoms with van der Waals surface area (Å²) in [5, 5.41) is 12.2. The maximum Gasteiger partial charge on any atom is 0.254 e. The summed E-state index contributed by atoms with van der Waals surface area (Å²) in [6, 6.07) is 3.68. The van der Waals surface area contributed by atoms with E-state index >= 15 is 0 Å². The summed E-state index contributed by atoms with van der Waals surface area (Å²) < 4.78 is 0. The molecule has 1 saturated heterocycles. The van der Waals surface area contributed by atoms with Crippen molar-refractivity contribution in [3.8, 4) is 0 Å². The van der Waals surface area contributed by atoms with Crippen LogP contribution in [0.25, 0.3) is 0 Å². The van der Waals surface area contributed by atoms with Crippen LogP contribution in [0.15, 0.2) is 12.1 Å². The third kappa shape index (κ3) is 4.17. The van der Waals surface area contributed by atoms with Gasteiger partial charge in [-0.05, 0) is 44.2 Å². The minimum absolute atomic E-state index is 0.0699. The van der Waals surface area contributed by atoms with Gasteiger partial charge in [-0.3, -0.25) is 4.79 Å². The molecule has 0 bridgehead atoms. The average Bonchev–Trinajstić information content (AvgIpc) is 2.93. The Bertz CT molecular complexity index is 490. The maximum absolute atomic E-state index is 12.6. The Labute approximate surface area is 126 Å². The molecule has 116 valence electrons. The lowest BCUT2D eigenvalue weighted by molar-refractivity contribution is 0.0784. The molecule has 2 rings (SSSR count). The highest BCUT2D eigenvalue weighted by Crippen LogP contribution is 2.22. The Hall–Kier alpha value is -1.62. The number of aromatic nitrogens is 1. The van der Waals surface area contributed by atoms with Crippen LogP contribution in [0, 0.1) is 12.8 Å². The van der Waals surface area contributed by atoms with E-state index in [1.165, 1.54) is 0 Å². The molecule has 2 heterocycles. The molecule has 0 aliphatic carbocycles. The molecule has 5 nitrogen and oxygen atoms in total. The van der Waals surface area contributed by atoms with Crippen LogP contribution in [-0.2, 0) is 0 Å². The number of hydrogen-bond donors (Lipinski definition) is 2. The maximum atomic E-state index is 12.6. The number of aliphatic hydroxyl groups excluding tert-OH is 1. The van der Waals surface area contributed by atoms with Gasteiger partial charge in [-0.25, -0.2) is 4.98 Å². The molecule has 1 aliphatic rings. The zero-order chi connectivity index (χ0) is 15.2. The molecule has 1 aromatic heterocycles. The van der Waals surface area contributed by atoms with E-state index in [9.17, 15) is 4.79 Å². The molecule has 1 atom stereocenters. The molecule has 0 aromatic carbocycles. The van der Waals surface area contributed by atoms with Crippen molar-refractivity contribution in [1.82, 2.24) is 9.88 Å². The summed E-state index contributed by atoms with van der Waals surface area (Å²) in [6.07, 6.45) is 2.79. The molecule has 1 fully saturated rings. The summed E-state index contributed by atoms with van der Waals surface area (Å²) in [5.74, 6) is 1.27. The van der Waals surface area contributed by atoms with Gasteiger partial charge in [0.1, 0.15) is 5.82 Å². The van der Waals surface area contributed by atoms with E-state index in [0.29, 0.717) is 11.5 Å². The number of carbonyl (C=O) groups excluding carboxylic acids is 1. The van der Waals surface area contributed by atoms with Gasteiger partial charge in [0.05, 0.1) is 0 Å². The summed E-state index contributed by atoms with van der Waals surface area (Å²) in [4.78, 5) is 18.9. The lowest BCUT2D eigenvalue weighted by atomic mass is 10.1. The summed E-state index contributed by atoms with van der Waals surface area (Å²) in [7, 11) is 0. The van der Waals surface area contributed by atoms with Crippen molar-refractivity contribution in [3.05, 3.63) is 23.4 Å². The van der Waals surface area contributed by atoms with Crippen molar-refractivity contribution in [3.63, 3.8) is 0 Å². The van der Waals surface area contributed by atoms with Crippen molar-refractivity contribution in [2.75, 3.05) is 31.6 Å². The summed E-state index contributed by atoms with van der Waals surface area (Å²) >= 11 is 0. The largest absolute Gasteiger partial charge is 0.396 e. The van der Waals surface area contributed by atoms with Crippen LogP contribution in [-0.4, -0.2) is 47.1 Å². The van der Waals surface area contributed by atoms with Crippen molar-refractivity contribution in [1.29, 1.82) is 0 Å². The standard InChI is InChI=1S/C16H25N3O2/c1-3-6-17-15-10-14(9-12(2)18-15)16(21)19-7-4-13(11-19)5-8-20/h9-10,13,20H,3-8,11H2,1-2H3,(H,17,18). The van der Waals surface area contributed by atoms with Crippen molar-refractivity contribution < 1.29 is 9.90 Å². The fraction of sp³-hybridized carbons (Fsp3) is 0.625. The van der Waals surface area contributed by atoms with E-state index in [4.69, 9.17) is 5.11 Å². The van der Waals surface area contributed by atoms with Crippen molar-refractivity contribution in [2.45, 2.75) is 33.1 Å². The molecule has 1 aromatic rings. The monoisotopic (exact) mass is 291 g/mol. The fourth-order valence-corrected chi connectivity index (χ4v) is 2.75. The molecule has 1 amide bonds. The van der Waals surface area contributed by atoms with Crippen LogP contribution in [0.3, 0.4) is 0 Å². The third-order valence-corrected chi connectivity index (χ3v) is 3.87. The molecule has 1 aliphatic heterocycles. The number of nitrogens with zero attached hydrogens (tertiary/aromatic N) is 2. The number of aryl methyl sites for hydroxylation is 1. The van der Waals surface area contributed by atoms with Gasteiger partial charge in [0.25, 0.3) is 5.91 Å². The highest BCUT2D eigenvalue weighted by Gasteiger charge is 2.26. The second-order valence-corrected chi connectivity index (χ2v) is 5.73. The SMILES string of the molecule is CCCNc1cc(C(=O)N2CCC(CCO)C2)cc(C)n1. The third-order valence-electron chi connectivity index (χ3n) is 3.87. The van der Waals surface area contributed by atoms with E-state index in [2.05, 4.69) is 17.2 Å². The molecular weight excluding hydrogens is 266 g/mol. The Balaban J connectivity index is 2.06. The van der Waals surface area contributed by atoms with Gasteiger partial charge in [0, 0.05) is 37.5 Å². The Morgan fingerprint density at radius 1 is 1.52 bits per heavy atom. The second kappa shape index (κ2) is 7.41. The van der Waals surface area contributed by atoms with Gasteiger partial charge in [-0.2, -0.15) is 0 Å². The lowest BCUT2D eigenvalue weighted by Crippen LogP contribution is -2.29. The number of hydrogen-bond acceptors (Lipinski definition) is 4. The van der Waals surface area contributed by atoms with Crippen LogP contribution in [0.5, 0.6) is 0 Å². The zero-order valence-electron chi connectivity index (χ0n) is 12.9. The van der Waals surface area contributed by atoms with Crippen LogP contribution in [0.2, 0.25) is 0 Å². The Kier molecular flexibility index (Phi) is 5.56. The first-order chi connectivity index (χ1) is 10.1. The number of nitrogens with one attached hydrogen (secondary N) is 1. The molecule has 0 spiro atoms. The van der Waals surface area contributed by atoms with Crippen molar-refractivity contribution in [2.24, 2.45) is 5.92 Å².